The van der Waals surface area contributed by atoms with E-state index in [0.717, 1.165) is 32.0 Å². The zero-order valence-electron chi connectivity index (χ0n) is 11.5. The fraction of sp³-hybridized carbons (Fsp3) is 0.333. The number of halogens is 1. The molecule has 0 spiro atoms. The number of nitrogens with zero attached hydrogens (tertiary/aromatic N) is 4. The average molecular weight is 289 g/mol. The molecule has 1 aliphatic heterocycles. The third-order valence-corrected chi connectivity index (χ3v) is 3.75. The number of benzene rings is 1. The monoisotopic (exact) mass is 288 g/mol. The molecule has 1 fully saturated rings. The van der Waals surface area contributed by atoms with Crippen LogP contribution in [0, 0.1) is 6.92 Å². The van der Waals surface area contributed by atoms with Gasteiger partial charge in [0.2, 0.25) is 0 Å². The van der Waals surface area contributed by atoms with Crippen LogP contribution in [0.1, 0.15) is 5.56 Å². The van der Waals surface area contributed by atoms with Crippen LogP contribution in [0.15, 0.2) is 36.7 Å². The molecular weight excluding hydrogens is 272 g/mol. The van der Waals surface area contributed by atoms with Crippen LogP contribution in [0.3, 0.4) is 0 Å². The van der Waals surface area contributed by atoms with Gasteiger partial charge in [-0.05, 0) is 24.6 Å². The molecule has 0 bridgehead atoms. The van der Waals surface area contributed by atoms with E-state index in [2.05, 4.69) is 51.0 Å². The molecule has 3 rings (SSSR count). The van der Waals surface area contributed by atoms with Crippen LogP contribution in [0.5, 0.6) is 0 Å². The van der Waals surface area contributed by atoms with E-state index in [9.17, 15) is 0 Å². The van der Waals surface area contributed by atoms with Gasteiger partial charge in [0.25, 0.3) is 0 Å². The topological polar surface area (TPSA) is 32.3 Å². The van der Waals surface area contributed by atoms with Gasteiger partial charge in [-0.25, -0.2) is 4.98 Å². The van der Waals surface area contributed by atoms with Crippen molar-refractivity contribution in [1.82, 2.24) is 9.97 Å². The largest absolute Gasteiger partial charge is 0.368 e. The van der Waals surface area contributed by atoms with Crippen LogP contribution in [-0.4, -0.2) is 36.1 Å². The SMILES string of the molecule is Cc1cccc(N2CCN(c3cncc(Cl)n3)CC2)c1. The molecule has 0 atom stereocenters. The fourth-order valence-electron chi connectivity index (χ4n) is 2.50. The Kier molecular flexibility index (Phi) is 3.74. The molecular formula is C15H17ClN4. The van der Waals surface area contributed by atoms with Gasteiger partial charge < -0.3 is 9.80 Å². The predicted octanol–water partition coefficient (Wildman–Crippen LogP) is 2.77. The zero-order chi connectivity index (χ0) is 13.9. The second kappa shape index (κ2) is 5.67. The lowest BCUT2D eigenvalue weighted by molar-refractivity contribution is 0.646. The van der Waals surface area contributed by atoms with E-state index in [-0.39, 0.29) is 0 Å². The van der Waals surface area contributed by atoms with Crippen molar-refractivity contribution in [2.75, 3.05) is 36.0 Å². The minimum Gasteiger partial charge on any atom is -0.368 e. The second-order valence-corrected chi connectivity index (χ2v) is 5.40. The van der Waals surface area contributed by atoms with Crippen LogP contribution in [0.4, 0.5) is 11.5 Å². The van der Waals surface area contributed by atoms with Crippen LogP contribution in [0.2, 0.25) is 5.15 Å². The standard InChI is InChI=1S/C15H17ClN4/c1-12-3-2-4-13(9-12)19-5-7-20(8-6-19)15-11-17-10-14(16)18-15/h2-4,9-11H,5-8H2,1H3. The van der Waals surface area contributed by atoms with E-state index in [1.54, 1.807) is 12.4 Å². The molecule has 0 unspecified atom stereocenters. The van der Waals surface area contributed by atoms with Gasteiger partial charge in [-0.3, -0.25) is 4.98 Å². The first-order chi connectivity index (χ1) is 9.72. The minimum atomic E-state index is 0.448. The highest BCUT2D eigenvalue weighted by Crippen LogP contribution is 2.20. The van der Waals surface area contributed by atoms with E-state index >= 15 is 0 Å². The van der Waals surface area contributed by atoms with Gasteiger partial charge in [-0.2, -0.15) is 0 Å². The lowest BCUT2D eigenvalue weighted by Crippen LogP contribution is -2.46. The van der Waals surface area contributed by atoms with Gasteiger partial charge in [-0.15, -0.1) is 0 Å². The highest BCUT2D eigenvalue weighted by atomic mass is 35.5. The van der Waals surface area contributed by atoms with Crippen molar-refractivity contribution in [3.63, 3.8) is 0 Å². The Balaban J connectivity index is 1.68. The molecule has 104 valence electrons. The zero-order valence-corrected chi connectivity index (χ0v) is 12.2. The summed E-state index contributed by atoms with van der Waals surface area (Å²) in [4.78, 5) is 13.0. The number of piperazine rings is 1. The second-order valence-electron chi connectivity index (χ2n) is 5.01. The normalized spacial score (nSPS) is 15.5. The predicted molar refractivity (Wildman–Crippen MR) is 82.6 cm³/mol. The number of hydrogen-bond acceptors (Lipinski definition) is 4. The molecule has 0 aliphatic carbocycles. The molecule has 1 saturated heterocycles. The van der Waals surface area contributed by atoms with Crippen molar-refractivity contribution in [2.45, 2.75) is 6.92 Å². The number of rotatable bonds is 2. The van der Waals surface area contributed by atoms with Crippen LogP contribution < -0.4 is 9.80 Å². The maximum absolute atomic E-state index is 5.90. The number of hydrogen-bond donors (Lipinski definition) is 0. The molecule has 4 nitrogen and oxygen atoms in total. The quantitative estimate of drug-likeness (QED) is 0.851. The Morgan fingerprint density at radius 2 is 1.80 bits per heavy atom. The van der Waals surface area contributed by atoms with Crippen LogP contribution in [-0.2, 0) is 0 Å². The van der Waals surface area contributed by atoms with E-state index in [4.69, 9.17) is 11.6 Å². The molecule has 1 aromatic heterocycles. The molecule has 0 saturated carbocycles. The van der Waals surface area contributed by atoms with Gasteiger partial charge in [-0.1, -0.05) is 23.7 Å². The summed E-state index contributed by atoms with van der Waals surface area (Å²) in [5, 5.41) is 0.448. The molecule has 0 amide bonds. The maximum atomic E-state index is 5.90. The van der Waals surface area contributed by atoms with Crippen LogP contribution >= 0.6 is 11.6 Å². The van der Waals surface area contributed by atoms with Crippen molar-refractivity contribution < 1.29 is 0 Å². The Bertz CT molecular complexity index is 540. The van der Waals surface area contributed by atoms with Crippen molar-refractivity contribution in [2.24, 2.45) is 0 Å². The summed E-state index contributed by atoms with van der Waals surface area (Å²) in [5.41, 5.74) is 2.59. The molecule has 1 aliphatic rings. The number of aromatic nitrogens is 2. The summed E-state index contributed by atoms with van der Waals surface area (Å²) in [6, 6.07) is 8.64. The third kappa shape index (κ3) is 2.85. The molecule has 20 heavy (non-hydrogen) atoms. The summed E-state index contributed by atoms with van der Waals surface area (Å²) >= 11 is 5.90. The highest BCUT2D eigenvalue weighted by Gasteiger charge is 2.18. The van der Waals surface area contributed by atoms with Crippen molar-refractivity contribution >= 4 is 23.1 Å². The minimum absolute atomic E-state index is 0.448. The molecule has 0 radical (unpaired) electrons. The summed E-state index contributed by atoms with van der Waals surface area (Å²) in [6.45, 7) is 5.96. The Morgan fingerprint density at radius 3 is 2.50 bits per heavy atom. The summed E-state index contributed by atoms with van der Waals surface area (Å²) in [6.07, 6.45) is 3.34. The molecule has 0 N–H and O–H groups in total. The van der Waals surface area contributed by atoms with Crippen molar-refractivity contribution in [1.29, 1.82) is 0 Å². The van der Waals surface area contributed by atoms with Gasteiger partial charge in [0, 0.05) is 31.9 Å². The molecule has 5 heteroatoms. The number of anilines is 2. The highest BCUT2D eigenvalue weighted by molar-refractivity contribution is 6.29. The van der Waals surface area contributed by atoms with Gasteiger partial charge >= 0.3 is 0 Å². The Labute approximate surface area is 124 Å². The first-order valence-electron chi connectivity index (χ1n) is 6.76. The summed E-state index contributed by atoms with van der Waals surface area (Å²) in [7, 11) is 0. The van der Waals surface area contributed by atoms with E-state index in [0.29, 0.717) is 5.15 Å². The summed E-state index contributed by atoms with van der Waals surface area (Å²) < 4.78 is 0. The van der Waals surface area contributed by atoms with Gasteiger partial charge in [0.1, 0.15) is 11.0 Å². The third-order valence-electron chi connectivity index (χ3n) is 3.56. The lowest BCUT2D eigenvalue weighted by atomic mass is 10.2. The van der Waals surface area contributed by atoms with E-state index < -0.39 is 0 Å². The van der Waals surface area contributed by atoms with Gasteiger partial charge in [0.15, 0.2) is 0 Å². The van der Waals surface area contributed by atoms with Crippen LogP contribution in [0.25, 0.3) is 0 Å². The molecule has 2 aromatic rings. The fourth-order valence-corrected chi connectivity index (χ4v) is 2.65. The van der Waals surface area contributed by atoms with E-state index in [1.807, 2.05) is 0 Å². The molecule has 2 heterocycles. The van der Waals surface area contributed by atoms with E-state index in [1.165, 1.54) is 11.3 Å². The smallest absolute Gasteiger partial charge is 0.149 e. The Morgan fingerprint density at radius 1 is 1.05 bits per heavy atom. The first kappa shape index (κ1) is 13.2. The summed E-state index contributed by atoms with van der Waals surface area (Å²) in [5.74, 6) is 0.862. The van der Waals surface area contributed by atoms with Crippen molar-refractivity contribution in [3.8, 4) is 0 Å². The van der Waals surface area contributed by atoms with Gasteiger partial charge in [0.05, 0.1) is 12.4 Å². The molecule has 1 aromatic carbocycles. The Hall–Kier alpha value is -1.81. The van der Waals surface area contributed by atoms with Crippen molar-refractivity contribution in [3.05, 3.63) is 47.4 Å². The maximum Gasteiger partial charge on any atom is 0.149 e. The average Bonchev–Trinajstić information content (AvgIpc) is 2.47. The number of aryl methyl sites for hydroxylation is 1. The lowest BCUT2D eigenvalue weighted by Gasteiger charge is -2.36. The first-order valence-corrected chi connectivity index (χ1v) is 7.14.